The van der Waals surface area contributed by atoms with Gasteiger partial charge in [-0.2, -0.15) is 0 Å². The summed E-state index contributed by atoms with van der Waals surface area (Å²) >= 11 is 0. The van der Waals surface area contributed by atoms with Crippen molar-refractivity contribution in [1.82, 2.24) is 20.2 Å². The van der Waals surface area contributed by atoms with Crippen LogP contribution in [0.3, 0.4) is 0 Å². The first kappa shape index (κ1) is 20.0. The highest BCUT2D eigenvalue weighted by Crippen LogP contribution is 2.32. The van der Waals surface area contributed by atoms with E-state index in [-0.39, 0.29) is 0 Å². The normalized spacial score (nSPS) is 10.4. The van der Waals surface area contributed by atoms with Crippen molar-refractivity contribution in [3.63, 3.8) is 0 Å². The summed E-state index contributed by atoms with van der Waals surface area (Å²) in [7, 11) is 0. The lowest BCUT2D eigenvalue weighted by Gasteiger charge is -2.08. The fourth-order valence-electron chi connectivity index (χ4n) is 3.21. The lowest BCUT2D eigenvalue weighted by atomic mass is 10.0. The van der Waals surface area contributed by atoms with Crippen LogP contribution in [0.15, 0.2) is 91.0 Å². The Morgan fingerprint density at radius 3 is 2.03 bits per heavy atom. The molecule has 0 aliphatic carbocycles. The van der Waals surface area contributed by atoms with Crippen LogP contribution in [0.4, 0.5) is 0 Å². The molecular weight excluding hydrogens is 388 g/mol. The predicted molar refractivity (Wildman–Crippen MR) is 121 cm³/mol. The van der Waals surface area contributed by atoms with Gasteiger partial charge in [-0.05, 0) is 18.2 Å². The fourth-order valence-corrected chi connectivity index (χ4v) is 3.21. The van der Waals surface area contributed by atoms with Crippen LogP contribution < -0.4 is 0 Å². The zero-order chi connectivity index (χ0) is 21.6. The molecule has 0 saturated heterocycles. The molecule has 6 nitrogen and oxygen atoms in total. The molecule has 0 bridgehead atoms. The average Bonchev–Trinajstić information content (AvgIpc) is 3.24. The molecule has 0 unspecified atom stereocenters. The zero-order valence-corrected chi connectivity index (χ0v) is 16.9. The maximum Gasteiger partial charge on any atom is 0.300 e. The van der Waals surface area contributed by atoms with E-state index < -0.39 is 5.97 Å². The molecule has 31 heavy (non-hydrogen) atoms. The minimum absolute atomic E-state index is 0.794. The summed E-state index contributed by atoms with van der Waals surface area (Å²) in [6, 6.07) is 30.2. The minimum atomic E-state index is -0.833. The topological polar surface area (TPSA) is 91.8 Å². The van der Waals surface area contributed by atoms with Gasteiger partial charge >= 0.3 is 0 Å². The van der Waals surface area contributed by atoms with Crippen LogP contribution in [-0.4, -0.2) is 31.2 Å². The van der Waals surface area contributed by atoms with E-state index in [1.165, 1.54) is 0 Å². The Hall–Kier alpha value is -4.32. The summed E-state index contributed by atoms with van der Waals surface area (Å²) in [6.07, 6.45) is 0. The summed E-state index contributed by atoms with van der Waals surface area (Å²) in [5.41, 5.74) is 6.56. The number of aromatic nitrogens is 4. The largest absolute Gasteiger partial charge is 0.481 e. The number of carboxylic acid groups (broad SMARTS) is 1. The van der Waals surface area contributed by atoms with Gasteiger partial charge in [0, 0.05) is 23.6 Å². The van der Waals surface area contributed by atoms with Crippen molar-refractivity contribution in [2.75, 3.05) is 0 Å². The number of hydrogen-bond donors (Lipinski definition) is 2. The van der Waals surface area contributed by atoms with Crippen molar-refractivity contribution in [2.24, 2.45) is 0 Å². The first-order valence-corrected chi connectivity index (χ1v) is 9.75. The van der Waals surface area contributed by atoms with E-state index in [4.69, 9.17) is 14.9 Å². The molecule has 0 radical (unpaired) electrons. The van der Waals surface area contributed by atoms with E-state index >= 15 is 0 Å². The third kappa shape index (κ3) is 4.64. The van der Waals surface area contributed by atoms with Gasteiger partial charge in [0.25, 0.3) is 5.97 Å². The van der Waals surface area contributed by atoms with E-state index in [9.17, 15) is 0 Å². The van der Waals surface area contributed by atoms with Gasteiger partial charge in [-0.3, -0.25) is 4.79 Å². The highest BCUT2D eigenvalue weighted by atomic mass is 16.4. The van der Waals surface area contributed by atoms with Crippen molar-refractivity contribution < 1.29 is 9.90 Å². The third-order valence-corrected chi connectivity index (χ3v) is 4.56. The number of carbonyl (C=O) groups is 1. The SMILES string of the molecule is CC(=O)O.c1ccc(-c2cc(-c3nc4ccccc4[nH]3)c(-c3ccccc3)nn2)cc1. The van der Waals surface area contributed by atoms with Crippen LogP contribution in [0.5, 0.6) is 0 Å². The molecule has 0 aliphatic rings. The molecule has 5 rings (SSSR count). The van der Waals surface area contributed by atoms with Gasteiger partial charge < -0.3 is 10.1 Å². The molecule has 2 heterocycles. The van der Waals surface area contributed by atoms with E-state index in [1.54, 1.807) is 0 Å². The number of rotatable bonds is 3. The Labute approximate surface area is 179 Å². The minimum Gasteiger partial charge on any atom is -0.481 e. The molecule has 0 amide bonds. The average molecular weight is 408 g/mol. The van der Waals surface area contributed by atoms with Crippen LogP contribution in [0.25, 0.3) is 44.9 Å². The molecule has 0 saturated carbocycles. The lowest BCUT2D eigenvalue weighted by molar-refractivity contribution is -0.134. The summed E-state index contributed by atoms with van der Waals surface area (Å²) in [4.78, 5) is 17.2. The molecule has 2 N–H and O–H groups in total. The first-order valence-electron chi connectivity index (χ1n) is 9.75. The zero-order valence-electron chi connectivity index (χ0n) is 16.9. The Morgan fingerprint density at radius 2 is 1.39 bits per heavy atom. The maximum atomic E-state index is 9.00. The van der Waals surface area contributed by atoms with Gasteiger partial charge in [0.2, 0.25) is 0 Å². The third-order valence-electron chi connectivity index (χ3n) is 4.56. The second-order valence-corrected chi connectivity index (χ2v) is 6.85. The van der Waals surface area contributed by atoms with E-state index in [2.05, 4.69) is 21.2 Å². The molecule has 2 aromatic heterocycles. The first-order chi connectivity index (χ1) is 15.1. The van der Waals surface area contributed by atoms with Crippen molar-refractivity contribution in [2.45, 2.75) is 6.92 Å². The molecule has 6 heteroatoms. The smallest absolute Gasteiger partial charge is 0.300 e. The molecule has 0 spiro atoms. The Balaban J connectivity index is 0.000000535. The van der Waals surface area contributed by atoms with Crippen molar-refractivity contribution >= 4 is 17.0 Å². The quantitative estimate of drug-likeness (QED) is 0.414. The number of H-pyrrole nitrogens is 1. The highest BCUT2D eigenvalue weighted by Gasteiger charge is 2.15. The maximum absolute atomic E-state index is 9.00. The standard InChI is InChI=1S/C23H16N4.C2H4O2/c1-3-9-16(10-4-1)21-15-18(22(27-26-21)17-11-5-2-6-12-17)23-24-19-13-7-8-14-20(19)25-23;1-2(3)4/h1-15H,(H,24,25);1H3,(H,3,4). The van der Waals surface area contributed by atoms with Crippen molar-refractivity contribution in [3.05, 3.63) is 91.0 Å². The number of para-hydroxylation sites is 2. The molecule has 3 aromatic carbocycles. The number of imidazole rings is 1. The van der Waals surface area contributed by atoms with Gasteiger partial charge in [-0.15, -0.1) is 10.2 Å². The Kier molecular flexibility index (Phi) is 5.80. The predicted octanol–water partition coefficient (Wildman–Crippen LogP) is 5.44. The molecule has 0 atom stereocenters. The second-order valence-electron chi connectivity index (χ2n) is 6.85. The molecular formula is C25H20N4O2. The summed E-state index contributed by atoms with van der Waals surface area (Å²) in [5.74, 6) is -0.0397. The number of hydrogen-bond acceptors (Lipinski definition) is 4. The van der Waals surface area contributed by atoms with E-state index in [1.807, 2.05) is 84.9 Å². The summed E-state index contributed by atoms with van der Waals surface area (Å²) in [6.45, 7) is 1.08. The molecule has 5 aromatic rings. The van der Waals surface area contributed by atoms with Crippen LogP contribution in [0.2, 0.25) is 0 Å². The number of fused-ring (bicyclic) bond motifs is 1. The van der Waals surface area contributed by atoms with E-state index in [0.29, 0.717) is 0 Å². The van der Waals surface area contributed by atoms with Crippen molar-refractivity contribution in [3.8, 4) is 33.9 Å². The van der Waals surface area contributed by atoms with E-state index in [0.717, 1.165) is 51.9 Å². The summed E-state index contributed by atoms with van der Waals surface area (Å²) < 4.78 is 0. The van der Waals surface area contributed by atoms with Gasteiger partial charge in [0.1, 0.15) is 11.5 Å². The fraction of sp³-hybridized carbons (Fsp3) is 0.0400. The Morgan fingerprint density at radius 1 is 0.806 bits per heavy atom. The van der Waals surface area contributed by atoms with Crippen LogP contribution in [0.1, 0.15) is 6.92 Å². The Bertz CT molecular complexity index is 1280. The van der Waals surface area contributed by atoms with Crippen LogP contribution >= 0.6 is 0 Å². The van der Waals surface area contributed by atoms with Crippen LogP contribution in [-0.2, 0) is 4.79 Å². The van der Waals surface area contributed by atoms with Gasteiger partial charge in [0.05, 0.1) is 16.7 Å². The number of aliphatic carboxylic acids is 1. The number of carboxylic acids is 1. The monoisotopic (exact) mass is 408 g/mol. The number of aromatic amines is 1. The number of benzene rings is 3. The van der Waals surface area contributed by atoms with Crippen LogP contribution in [0, 0.1) is 0 Å². The number of nitrogens with zero attached hydrogens (tertiary/aromatic N) is 3. The second kappa shape index (κ2) is 9.00. The molecule has 152 valence electrons. The van der Waals surface area contributed by atoms with Gasteiger partial charge in [-0.25, -0.2) is 4.98 Å². The summed E-state index contributed by atoms with van der Waals surface area (Å²) in [5, 5.41) is 16.5. The lowest BCUT2D eigenvalue weighted by Crippen LogP contribution is -1.96. The van der Waals surface area contributed by atoms with Crippen molar-refractivity contribution in [1.29, 1.82) is 0 Å². The molecule has 0 fully saturated rings. The van der Waals surface area contributed by atoms with Gasteiger partial charge in [-0.1, -0.05) is 72.8 Å². The van der Waals surface area contributed by atoms with Gasteiger partial charge in [0.15, 0.2) is 0 Å². The molecule has 0 aliphatic heterocycles. The highest BCUT2D eigenvalue weighted by molar-refractivity contribution is 5.85. The number of nitrogens with one attached hydrogen (secondary N) is 1.